The number of nitrogens with two attached hydrogens (primary N) is 1. The second-order valence-electron chi connectivity index (χ2n) is 5.03. The molecule has 2 amide bonds. The van der Waals surface area contributed by atoms with Gasteiger partial charge in [-0.1, -0.05) is 0 Å². The molecule has 0 spiro atoms. The molecule has 20 heavy (non-hydrogen) atoms. The molecule has 9 heteroatoms. The lowest BCUT2D eigenvalue weighted by molar-refractivity contribution is -0.132. The van der Waals surface area contributed by atoms with Crippen LogP contribution >= 0.6 is 0 Å². The Hall–Kier alpha value is -1.87. The Morgan fingerprint density at radius 2 is 2.10 bits per heavy atom. The number of rotatable bonds is 3. The number of amides is 2. The van der Waals surface area contributed by atoms with E-state index in [2.05, 4.69) is 0 Å². The number of nitrogen functional groups attached to an aromatic ring is 1. The molecule has 8 nitrogen and oxygen atoms in total. The summed E-state index contributed by atoms with van der Waals surface area (Å²) in [5.41, 5.74) is 2.43. The number of nitrogens with one attached hydrogen (secondary N) is 1. The highest BCUT2D eigenvalue weighted by Crippen LogP contribution is 2.36. The predicted molar refractivity (Wildman–Crippen MR) is 68.6 cm³/mol. The first-order chi connectivity index (χ1) is 9.12. The van der Waals surface area contributed by atoms with Crippen LogP contribution in [-0.4, -0.2) is 29.3 Å². The third kappa shape index (κ3) is 1.81. The van der Waals surface area contributed by atoms with E-state index in [-0.39, 0.29) is 18.1 Å². The second-order valence-corrected chi connectivity index (χ2v) is 7.44. The molecular weight excluding hydrogens is 286 g/mol. The van der Waals surface area contributed by atoms with Crippen molar-refractivity contribution >= 4 is 21.8 Å². The molecule has 0 radical (unpaired) electrons. The molecule has 1 aliphatic rings. The van der Waals surface area contributed by atoms with Gasteiger partial charge in [0.25, 0.3) is 15.9 Å². The highest BCUT2D eigenvalue weighted by molar-refractivity contribution is 7.94. The van der Waals surface area contributed by atoms with Crippen molar-refractivity contribution in [2.24, 2.45) is 5.84 Å². The number of nitrogens with zero attached hydrogens (tertiary/aromatic N) is 1. The lowest BCUT2D eigenvalue weighted by Crippen LogP contribution is -2.66. The number of hydrogen-bond acceptors (Lipinski definition) is 6. The van der Waals surface area contributed by atoms with Crippen molar-refractivity contribution in [2.45, 2.75) is 32.1 Å². The van der Waals surface area contributed by atoms with Crippen LogP contribution in [0.2, 0.25) is 0 Å². The summed E-state index contributed by atoms with van der Waals surface area (Å²) in [7, 11) is -3.68. The van der Waals surface area contributed by atoms with Crippen molar-refractivity contribution in [2.75, 3.05) is 0 Å². The average molecular weight is 301 g/mol. The minimum atomic E-state index is -3.68. The van der Waals surface area contributed by atoms with E-state index in [4.69, 9.17) is 10.3 Å². The molecule has 0 unspecified atom stereocenters. The molecule has 1 saturated heterocycles. The van der Waals surface area contributed by atoms with Gasteiger partial charge in [-0.15, -0.1) is 0 Å². The number of sulfonamides is 1. The molecule has 1 aromatic heterocycles. The van der Waals surface area contributed by atoms with Crippen molar-refractivity contribution < 1.29 is 22.4 Å². The molecule has 1 aromatic rings. The fourth-order valence-corrected chi connectivity index (χ4v) is 3.46. The van der Waals surface area contributed by atoms with Gasteiger partial charge in [-0.05, 0) is 26.8 Å². The van der Waals surface area contributed by atoms with E-state index in [1.807, 2.05) is 5.43 Å². The van der Waals surface area contributed by atoms with E-state index in [0.29, 0.717) is 5.56 Å². The third-order valence-corrected chi connectivity index (χ3v) is 5.62. The van der Waals surface area contributed by atoms with Crippen LogP contribution in [0.4, 0.5) is 0 Å². The molecule has 0 atom stereocenters. The minimum absolute atomic E-state index is 0.00729. The SMILES string of the molecule is Cc1cc(CN2C(=O)C(C)(C)S2(=O)=O)oc1C(=O)NN. The van der Waals surface area contributed by atoms with E-state index in [1.165, 1.54) is 19.9 Å². The quantitative estimate of drug-likeness (QED) is 0.446. The number of carbonyl (C=O) groups excluding carboxylic acids is 2. The number of hydrogen-bond donors (Lipinski definition) is 2. The van der Waals surface area contributed by atoms with Crippen molar-refractivity contribution in [1.29, 1.82) is 0 Å². The van der Waals surface area contributed by atoms with Crippen LogP contribution in [0.25, 0.3) is 0 Å². The van der Waals surface area contributed by atoms with Gasteiger partial charge in [0.2, 0.25) is 0 Å². The smallest absolute Gasteiger partial charge is 0.301 e. The molecule has 1 aliphatic heterocycles. The van der Waals surface area contributed by atoms with E-state index in [9.17, 15) is 18.0 Å². The minimum Gasteiger partial charge on any atom is -0.454 e. The van der Waals surface area contributed by atoms with Gasteiger partial charge in [-0.3, -0.25) is 15.0 Å². The summed E-state index contributed by atoms with van der Waals surface area (Å²) in [5.74, 6) is 4.07. The molecule has 3 N–H and O–H groups in total. The highest BCUT2D eigenvalue weighted by Gasteiger charge is 2.60. The summed E-state index contributed by atoms with van der Waals surface area (Å²) < 4.78 is 28.4. The molecule has 110 valence electrons. The Labute approximate surface area is 115 Å². The zero-order chi connectivity index (χ0) is 15.3. The third-order valence-electron chi connectivity index (χ3n) is 3.28. The maximum atomic E-state index is 11.9. The van der Waals surface area contributed by atoms with Crippen LogP contribution in [-0.2, 0) is 21.4 Å². The van der Waals surface area contributed by atoms with E-state index in [1.54, 1.807) is 6.92 Å². The van der Waals surface area contributed by atoms with Crippen LogP contribution in [0.15, 0.2) is 10.5 Å². The summed E-state index contributed by atoms with van der Waals surface area (Å²) in [6.45, 7) is 4.08. The lowest BCUT2D eigenvalue weighted by atomic mass is 10.2. The van der Waals surface area contributed by atoms with Crippen LogP contribution in [0, 0.1) is 6.92 Å². The second kappa shape index (κ2) is 4.32. The van der Waals surface area contributed by atoms with E-state index in [0.717, 1.165) is 4.31 Å². The van der Waals surface area contributed by atoms with Gasteiger partial charge in [0.1, 0.15) is 5.76 Å². The van der Waals surface area contributed by atoms with E-state index < -0.39 is 26.6 Å². The van der Waals surface area contributed by atoms with Crippen molar-refractivity contribution in [3.63, 3.8) is 0 Å². The zero-order valence-electron chi connectivity index (χ0n) is 11.3. The Kier molecular flexibility index (Phi) is 3.14. The van der Waals surface area contributed by atoms with Gasteiger partial charge in [-0.25, -0.2) is 18.6 Å². The molecule has 2 heterocycles. The fourth-order valence-electron chi connectivity index (χ4n) is 1.97. The molecule has 1 fully saturated rings. The Morgan fingerprint density at radius 3 is 2.60 bits per heavy atom. The van der Waals surface area contributed by atoms with Crippen molar-refractivity contribution in [3.8, 4) is 0 Å². The summed E-state index contributed by atoms with van der Waals surface area (Å²) >= 11 is 0. The first kappa shape index (κ1) is 14.5. The van der Waals surface area contributed by atoms with Crippen LogP contribution in [0.1, 0.15) is 35.7 Å². The fraction of sp³-hybridized carbons (Fsp3) is 0.455. The molecule has 2 rings (SSSR count). The lowest BCUT2D eigenvalue weighted by Gasteiger charge is -2.42. The molecule has 0 saturated carbocycles. The van der Waals surface area contributed by atoms with Gasteiger partial charge in [-0.2, -0.15) is 0 Å². The molecule has 0 aliphatic carbocycles. The first-order valence-corrected chi connectivity index (χ1v) is 7.24. The maximum absolute atomic E-state index is 11.9. The maximum Gasteiger partial charge on any atom is 0.301 e. The summed E-state index contributed by atoms with van der Waals surface area (Å²) in [4.78, 5) is 23.2. The number of carbonyl (C=O) groups is 2. The first-order valence-electron chi connectivity index (χ1n) is 5.80. The predicted octanol–water partition coefficient (Wildman–Crippen LogP) is -0.358. The standard InChI is InChI=1S/C11H15N3O5S/c1-6-4-7(19-8(6)9(15)13-12)5-14-10(16)11(2,3)20(14,17)18/h4H,5,12H2,1-3H3,(H,13,15). The summed E-state index contributed by atoms with van der Waals surface area (Å²) in [6, 6.07) is 1.50. The Bertz CT molecular complexity index is 689. The van der Waals surface area contributed by atoms with Crippen LogP contribution < -0.4 is 11.3 Å². The van der Waals surface area contributed by atoms with Crippen LogP contribution in [0.3, 0.4) is 0 Å². The van der Waals surface area contributed by atoms with Gasteiger partial charge < -0.3 is 4.42 Å². The molecule has 0 aromatic carbocycles. The molecular formula is C11H15N3O5S. The summed E-state index contributed by atoms with van der Waals surface area (Å²) in [5, 5.41) is 0. The van der Waals surface area contributed by atoms with Crippen molar-refractivity contribution in [3.05, 3.63) is 23.2 Å². The summed E-state index contributed by atoms with van der Waals surface area (Å²) in [6.07, 6.45) is 0. The van der Waals surface area contributed by atoms with Gasteiger partial charge >= 0.3 is 5.91 Å². The van der Waals surface area contributed by atoms with Gasteiger partial charge in [0, 0.05) is 5.56 Å². The molecule has 0 bridgehead atoms. The topological polar surface area (TPSA) is 123 Å². The zero-order valence-corrected chi connectivity index (χ0v) is 12.1. The van der Waals surface area contributed by atoms with Crippen LogP contribution in [0.5, 0.6) is 0 Å². The average Bonchev–Trinajstić information content (AvgIpc) is 2.75. The normalized spacial score (nSPS) is 19.6. The number of aryl methyl sites for hydroxylation is 1. The largest absolute Gasteiger partial charge is 0.454 e. The van der Waals surface area contributed by atoms with Crippen molar-refractivity contribution in [1.82, 2.24) is 9.73 Å². The Morgan fingerprint density at radius 1 is 1.50 bits per heavy atom. The highest BCUT2D eigenvalue weighted by atomic mass is 32.2. The Balaban J connectivity index is 2.25. The number of furan rings is 1. The monoisotopic (exact) mass is 301 g/mol. The van der Waals surface area contributed by atoms with E-state index >= 15 is 0 Å². The van der Waals surface area contributed by atoms with Gasteiger partial charge in [0.05, 0.1) is 6.54 Å². The number of hydrazine groups is 1. The van der Waals surface area contributed by atoms with Gasteiger partial charge in [0.15, 0.2) is 10.5 Å².